The summed E-state index contributed by atoms with van der Waals surface area (Å²) in [5.74, 6) is -2.21. The zero-order valence-corrected chi connectivity index (χ0v) is 13.9. The molecule has 1 aliphatic rings. The molecule has 1 saturated heterocycles. The van der Waals surface area contributed by atoms with Gasteiger partial charge in [-0.05, 0) is 24.6 Å². The number of carbonyl (C=O) groups excluding carboxylic acids is 3. The second-order valence-corrected chi connectivity index (χ2v) is 5.78. The lowest BCUT2D eigenvalue weighted by Gasteiger charge is -2.34. The number of amides is 3. The number of piperazine rings is 1. The summed E-state index contributed by atoms with van der Waals surface area (Å²) in [7, 11) is 0. The molecule has 0 unspecified atom stereocenters. The number of carboxylic acids is 1. The van der Waals surface area contributed by atoms with Crippen LogP contribution in [0.15, 0.2) is 24.3 Å². The van der Waals surface area contributed by atoms with Gasteiger partial charge in [0.25, 0.3) is 5.91 Å². The van der Waals surface area contributed by atoms with Gasteiger partial charge in [-0.3, -0.25) is 19.2 Å². The molecule has 0 aromatic heterocycles. The smallest absolute Gasteiger partial charge is 0.305 e. The van der Waals surface area contributed by atoms with Crippen LogP contribution in [0, 0.1) is 0 Å². The minimum atomic E-state index is -1.15. The monoisotopic (exact) mass is 347 g/mol. The number of rotatable bonds is 6. The van der Waals surface area contributed by atoms with Crippen LogP contribution < -0.4 is 10.6 Å². The molecule has 0 aliphatic carbocycles. The van der Waals surface area contributed by atoms with Crippen LogP contribution in [0.25, 0.3) is 0 Å². The number of carboxylic acid groups (broad SMARTS) is 1. The zero-order valence-electron chi connectivity index (χ0n) is 13.9. The summed E-state index contributed by atoms with van der Waals surface area (Å²) in [6, 6.07) is 5.35. The summed E-state index contributed by atoms with van der Waals surface area (Å²) < 4.78 is 0. The molecule has 3 amide bonds. The number of hydrogen-bond acceptors (Lipinski definition) is 4. The van der Waals surface area contributed by atoms with E-state index in [0.717, 1.165) is 0 Å². The van der Waals surface area contributed by atoms with Crippen molar-refractivity contribution in [2.24, 2.45) is 0 Å². The summed E-state index contributed by atoms with van der Waals surface area (Å²) in [5, 5.41) is 14.3. The van der Waals surface area contributed by atoms with Crippen LogP contribution >= 0.6 is 0 Å². The number of nitrogens with one attached hydrogen (secondary N) is 2. The van der Waals surface area contributed by atoms with Crippen molar-refractivity contribution in [3.8, 4) is 0 Å². The van der Waals surface area contributed by atoms with Crippen molar-refractivity contribution in [1.29, 1.82) is 0 Å². The molecule has 2 rings (SSSR count). The van der Waals surface area contributed by atoms with Gasteiger partial charge in [-0.1, -0.05) is 13.0 Å². The molecule has 0 bridgehead atoms. The first kappa shape index (κ1) is 18.4. The third-order valence-electron chi connectivity index (χ3n) is 3.83. The Labute approximate surface area is 145 Å². The molecule has 1 aliphatic heterocycles. The first-order chi connectivity index (χ1) is 11.9. The number of anilines is 1. The van der Waals surface area contributed by atoms with E-state index in [4.69, 9.17) is 5.11 Å². The lowest BCUT2D eigenvalue weighted by Crippen LogP contribution is -2.57. The normalized spacial score (nSPS) is 16.9. The fourth-order valence-corrected chi connectivity index (χ4v) is 2.67. The molecule has 8 heteroatoms. The van der Waals surface area contributed by atoms with Crippen LogP contribution in [0.3, 0.4) is 0 Å². The van der Waals surface area contributed by atoms with Gasteiger partial charge < -0.3 is 20.6 Å². The third kappa shape index (κ3) is 4.79. The summed E-state index contributed by atoms with van der Waals surface area (Å²) >= 11 is 0. The minimum absolute atomic E-state index is 0.145. The highest BCUT2D eigenvalue weighted by molar-refractivity contribution is 6.00. The molecular formula is C17H21N3O5. The predicted molar refractivity (Wildman–Crippen MR) is 90.1 cm³/mol. The maximum atomic E-state index is 12.7. The molecule has 1 aromatic carbocycles. The molecule has 1 fully saturated rings. The second-order valence-electron chi connectivity index (χ2n) is 5.78. The Bertz CT molecular complexity index is 689. The van der Waals surface area contributed by atoms with Crippen molar-refractivity contribution >= 4 is 29.4 Å². The lowest BCUT2D eigenvalue weighted by atomic mass is 10.1. The van der Waals surface area contributed by atoms with Crippen molar-refractivity contribution in [2.45, 2.75) is 32.2 Å². The second kappa shape index (κ2) is 8.27. The molecule has 0 spiro atoms. The largest absolute Gasteiger partial charge is 0.481 e. The van der Waals surface area contributed by atoms with E-state index in [0.29, 0.717) is 24.1 Å². The highest BCUT2D eigenvalue weighted by Crippen LogP contribution is 2.17. The van der Waals surface area contributed by atoms with Gasteiger partial charge in [0.05, 0.1) is 6.42 Å². The number of carbonyl (C=O) groups is 4. The van der Waals surface area contributed by atoms with E-state index in [1.807, 2.05) is 6.92 Å². The number of benzene rings is 1. The summed E-state index contributed by atoms with van der Waals surface area (Å²) in [6.07, 6.45) is 0.639. The predicted octanol–water partition coefficient (Wildman–Crippen LogP) is 0.840. The van der Waals surface area contributed by atoms with E-state index in [2.05, 4.69) is 10.6 Å². The number of hydrogen-bond donors (Lipinski definition) is 3. The Morgan fingerprint density at radius 3 is 2.80 bits per heavy atom. The Morgan fingerprint density at radius 2 is 2.12 bits per heavy atom. The first-order valence-electron chi connectivity index (χ1n) is 8.12. The average molecular weight is 347 g/mol. The van der Waals surface area contributed by atoms with Crippen LogP contribution in [-0.4, -0.2) is 52.8 Å². The molecule has 1 atom stereocenters. The van der Waals surface area contributed by atoms with Gasteiger partial charge in [0, 0.05) is 30.8 Å². The van der Waals surface area contributed by atoms with Crippen LogP contribution in [0.5, 0.6) is 0 Å². The van der Waals surface area contributed by atoms with Gasteiger partial charge in [0.1, 0.15) is 6.04 Å². The lowest BCUT2D eigenvalue weighted by molar-refractivity contribution is -0.142. The van der Waals surface area contributed by atoms with E-state index in [1.54, 1.807) is 18.2 Å². The van der Waals surface area contributed by atoms with Crippen molar-refractivity contribution in [1.82, 2.24) is 10.2 Å². The highest BCUT2D eigenvalue weighted by Gasteiger charge is 2.35. The maximum absolute atomic E-state index is 12.7. The van der Waals surface area contributed by atoms with Gasteiger partial charge in [0.2, 0.25) is 11.8 Å². The van der Waals surface area contributed by atoms with E-state index in [1.165, 1.54) is 11.0 Å². The highest BCUT2D eigenvalue weighted by atomic mass is 16.4. The van der Waals surface area contributed by atoms with Crippen LogP contribution in [0.2, 0.25) is 0 Å². The van der Waals surface area contributed by atoms with E-state index < -0.39 is 30.2 Å². The van der Waals surface area contributed by atoms with Gasteiger partial charge in [-0.2, -0.15) is 0 Å². The Balaban J connectivity index is 2.19. The van der Waals surface area contributed by atoms with Crippen molar-refractivity contribution < 1.29 is 24.3 Å². The van der Waals surface area contributed by atoms with Gasteiger partial charge >= 0.3 is 5.97 Å². The fraction of sp³-hybridized carbons (Fsp3) is 0.412. The number of nitrogens with zero attached hydrogens (tertiary/aromatic N) is 1. The van der Waals surface area contributed by atoms with Crippen LogP contribution in [0.4, 0.5) is 5.69 Å². The Morgan fingerprint density at radius 1 is 1.36 bits per heavy atom. The van der Waals surface area contributed by atoms with Crippen molar-refractivity contribution in [3.05, 3.63) is 29.8 Å². The minimum Gasteiger partial charge on any atom is -0.481 e. The molecule has 134 valence electrons. The zero-order chi connectivity index (χ0) is 18.4. The van der Waals surface area contributed by atoms with E-state index in [9.17, 15) is 19.2 Å². The van der Waals surface area contributed by atoms with Gasteiger partial charge in [-0.25, -0.2) is 0 Å². The number of aliphatic carboxylic acids is 1. The quantitative estimate of drug-likeness (QED) is 0.705. The molecule has 1 heterocycles. The maximum Gasteiger partial charge on any atom is 0.305 e. The molecular weight excluding hydrogens is 326 g/mol. The summed E-state index contributed by atoms with van der Waals surface area (Å²) in [4.78, 5) is 48.6. The Kier molecular flexibility index (Phi) is 6.10. The Hall–Kier alpha value is -2.90. The van der Waals surface area contributed by atoms with Gasteiger partial charge in [0.15, 0.2) is 0 Å². The van der Waals surface area contributed by atoms with E-state index in [-0.39, 0.29) is 19.0 Å². The summed E-state index contributed by atoms with van der Waals surface area (Å²) in [5.41, 5.74) is 0.778. The van der Waals surface area contributed by atoms with E-state index >= 15 is 0 Å². The molecule has 0 saturated carbocycles. The SMILES string of the molecule is CCCC(=O)Nc1cccc(C(=O)N2CCNC(=O)[C@H]2CC(=O)O)c1. The molecule has 0 radical (unpaired) electrons. The fourth-order valence-electron chi connectivity index (χ4n) is 2.67. The van der Waals surface area contributed by atoms with Crippen molar-refractivity contribution in [2.75, 3.05) is 18.4 Å². The first-order valence-corrected chi connectivity index (χ1v) is 8.12. The van der Waals surface area contributed by atoms with Crippen LogP contribution in [-0.2, 0) is 14.4 Å². The van der Waals surface area contributed by atoms with Crippen LogP contribution in [0.1, 0.15) is 36.5 Å². The molecule has 8 nitrogen and oxygen atoms in total. The molecule has 3 N–H and O–H groups in total. The average Bonchev–Trinajstić information content (AvgIpc) is 2.56. The molecule has 1 aromatic rings. The summed E-state index contributed by atoms with van der Waals surface area (Å²) in [6.45, 7) is 2.39. The third-order valence-corrected chi connectivity index (χ3v) is 3.83. The topological polar surface area (TPSA) is 116 Å². The van der Waals surface area contributed by atoms with Gasteiger partial charge in [-0.15, -0.1) is 0 Å². The van der Waals surface area contributed by atoms with Crippen molar-refractivity contribution in [3.63, 3.8) is 0 Å². The molecule has 25 heavy (non-hydrogen) atoms. The standard InChI is InChI=1S/C17H21N3O5/c1-2-4-14(21)19-12-6-3-5-11(9-12)17(25)20-8-7-18-16(24)13(20)10-15(22)23/h3,5-6,9,13H,2,4,7-8,10H2,1H3,(H,18,24)(H,19,21)(H,22,23)/t13-/m1/s1.